The number of hydrogen-bond acceptors (Lipinski definition) is 5. The summed E-state index contributed by atoms with van der Waals surface area (Å²) in [5, 5.41) is 2.88. The molecule has 1 saturated heterocycles. The van der Waals surface area contributed by atoms with Gasteiger partial charge in [0.05, 0.1) is 7.11 Å². The third-order valence-electron chi connectivity index (χ3n) is 4.44. The minimum absolute atomic E-state index is 0.232. The summed E-state index contributed by atoms with van der Waals surface area (Å²) < 4.78 is 5.30. The minimum Gasteiger partial charge on any atom is -0.496 e. The SMILES string of the molecule is COc1ccccc1CNC(=O)c1cc(N2CCN(C=O)CC2)ccn1. The number of nitrogens with zero attached hydrogens (tertiary/aromatic N) is 3. The molecule has 0 radical (unpaired) electrons. The molecule has 1 aliphatic heterocycles. The highest BCUT2D eigenvalue weighted by Crippen LogP contribution is 2.18. The Hall–Kier alpha value is -3.09. The molecule has 0 bridgehead atoms. The van der Waals surface area contributed by atoms with Gasteiger partial charge in [-0.2, -0.15) is 0 Å². The van der Waals surface area contributed by atoms with E-state index in [9.17, 15) is 9.59 Å². The maximum Gasteiger partial charge on any atom is 0.270 e. The van der Waals surface area contributed by atoms with Crippen LogP contribution in [0.5, 0.6) is 5.75 Å². The van der Waals surface area contributed by atoms with Gasteiger partial charge in [0.25, 0.3) is 5.91 Å². The summed E-state index contributed by atoms with van der Waals surface area (Å²) in [6.45, 7) is 3.21. The number of benzene rings is 1. The van der Waals surface area contributed by atoms with Crippen molar-refractivity contribution in [1.82, 2.24) is 15.2 Å². The molecule has 136 valence electrons. The van der Waals surface area contributed by atoms with E-state index >= 15 is 0 Å². The predicted molar refractivity (Wildman–Crippen MR) is 98.3 cm³/mol. The van der Waals surface area contributed by atoms with Gasteiger partial charge in [0, 0.05) is 50.2 Å². The fraction of sp³-hybridized carbons (Fsp3) is 0.316. The zero-order valence-electron chi connectivity index (χ0n) is 14.7. The van der Waals surface area contributed by atoms with Gasteiger partial charge in [-0.05, 0) is 18.2 Å². The molecule has 7 nitrogen and oxygen atoms in total. The Morgan fingerprint density at radius 3 is 2.73 bits per heavy atom. The highest BCUT2D eigenvalue weighted by molar-refractivity contribution is 5.93. The topological polar surface area (TPSA) is 74.8 Å². The smallest absolute Gasteiger partial charge is 0.270 e. The Morgan fingerprint density at radius 1 is 1.23 bits per heavy atom. The zero-order chi connectivity index (χ0) is 18.4. The number of ether oxygens (including phenoxy) is 1. The number of methoxy groups -OCH3 is 1. The first-order valence-electron chi connectivity index (χ1n) is 8.51. The molecule has 0 aliphatic carbocycles. The molecule has 1 aromatic heterocycles. The summed E-state index contributed by atoms with van der Waals surface area (Å²) >= 11 is 0. The number of para-hydroxylation sites is 1. The highest BCUT2D eigenvalue weighted by Gasteiger charge is 2.17. The molecule has 0 spiro atoms. The Bertz CT molecular complexity index is 773. The second-order valence-corrected chi connectivity index (χ2v) is 6.02. The lowest BCUT2D eigenvalue weighted by Crippen LogP contribution is -2.45. The number of aromatic nitrogens is 1. The van der Waals surface area contributed by atoms with E-state index in [1.165, 1.54) is 0 Å². The molecule has 26 heavy (non-hydrogen) atoms. The molecular formula is C19H22N4O3. The van der Waals surface area contributed by atoms with Crippen LogP contribution in [0, 0.1) is 0 Å². The number of hydrogen-bond donors (Lipinski definition) is 1. The first kappa shape index (κ1) is 17.7. The first-order chi connectivity index (χ1) is 12.7. The lowest BCUT2D eigenvalue weighted by molar-refractivity contribution is -0.118. The molecule has 7 heteroatoms. The van der Waals surface area contributed by atoms with Crippen molar-refractivity contribution in [1.29, 1.82) is 0 Å². The van der Waals surface area contributed by atoms with Gasteiger partial charge < -0.3 is 19.9 Å². The fourth-order valence-corrected chi connectivity index (χ4v) is 2.94. The second-order valence-electron chi connectivity index (χ2n) is 6.02. The van der Waals surface area contributed by atoms with Crippen LogP contribution >= 0.6 is 0 Å². The number of anilines is 1. The van der Waals surface area contributed by atoms with Crippen LogP contribution in [-0.2, 0) is 11.3 Å². The van der Waals surface area contributed by atoms with Gasteiger partial charge >= 0.3 is 0 Å². The number of pyridine rings is 1. The summed E-state index contributed by atoms with van der Waals surface area (Å²) in [5.74, 6) is 0.506. The predicted octanol–water partition coefficient (Wildman–Crippen LogP) is 1.30. The number of nitrogens with one attached hydrogen (secondary N) is 1. The van der Waals surface area contributed by atoms with Crippen LogP contribution in [0.1, 0.15) is 16.1 Å². The van der Waals surface area contributed by atoms with E-state index in [4.69, 9.17) is 4.74 Å². The van der Waals surface area contributed by atoms with Crippen LogP contribution in [0.2, 0.25) is 0 Å². The third-order valence-corrected chi connectivity index (χ3v) is 4.44. The van der Waals surface area contributed by atoms with Gasteiger partial charge in [0.2, 0.25) is 6.41 Å². The molecule has 1 fully saturated rings. The summed E-state index contributed by atoms with van der Waals surface area (Å²) in [7, 11) is 1.61. The van der Waals surface area contributed by atoms with Crippen molar-refractivity contribution in [2.45, 2.75) is 6.54 Å². The lowest BCUT2D eigenvalue weighted by atomic mass is 10.2. The monoisotopic (exact) mass is 354 g/mol. The summed E-state index contributed by atoms with van der Waals surface area (Å²) in [5.41, 5.74) is 2.22. The summed E-state index contributed by atoms with van der Waals surface area (Å²) in [6.07, 6.45) is 2.51. The largest absolute Gasteiger partial charge is 0.496 e. The van der Waals surface area contributed by atoms with Crippen molar-refractivity contribution in [2.75, 3.05) is 38.2 Å². The molecule has 0 saturated carbocycles. The van der Waals surface area contributed by atoms with E-state index in [2.05, 4.69) is 15.2 Å². The van der Waals surface area contributed by atoms with Gasteiger partial charge in [-0.3, -0.25) is 14.6 Å². The van der Waals surface area contributed by atoms with Crippen molar-refractivity contribution < 1.29 is 14.3 Å². The Kier molecular flexibility index (Phi) is 5.68. The standard InChI is InChI=1S/C19H22N4O3/c1-26-18-5-3-2-4-15(18)13-21-19(25)17-12-16(6-7-20-17)23-10-8-22(14-24)9-11-23/h2-7,12,14H,8-11,13H2,1H3,(H,21,25). The van der Waals surface area contributed by atoms with Gasteiger partial charge in [0.1, 0.15) is 11.4 Å². The molecule has 2 amide bonds. The number of amides is 2. The van der Waals surface area contributed by atoms with E-state index in [0.717, 1.165) is 36.5 Å². The van der Waals surface area contributed by atoms with E-state index in [1.54, 1.807) is 24.3 Å². The highest BCUT2D eigenvalue weighted by atomic mass is 16.5. The van der Waals surface area contributed by atoms with E-state index in [1.807, 2.05) is 30.3 Å². The molecule has 0 unspecified atom stereocenters. The molecule has 2 heterocycles. The Morgan fingerprint density at radius 2 is 2.00 bits per heavy atom. The fourth-order valence-electron chi connectivity index (χ4n) is 2.94. The lowest BCUT2D eigenvalue weighted by Gasteiger charge is -2.34. The van der Waals surface area contributed by atoms with Gasteiger partial charge in [-0.25, -0.2) is 0 Å². The minimum atomic E-state index is -0.232. The summed E-state index contributed by atoms with van der Waals surface area (Å²) in [6, 6.07) is 11.2. The average Bonchev–Trinajstić information content (AvgIpc) is 2.72. The molecule has 1 N–H and O–H groups in total. The van der Waals surface area contributed by atoms with Crippen molar-refractivity contribution in [2.24, 2.45) is 0 Å². The molecule has 3 rings (SSSR count). The van der Waals surface area contributed by atoms with Crippen LogP contribution in [0.4, 0.5) is 5.69 Å². The van der Waals surface area contributed by atoms with Crippen molar-refractivity contribution in [3.63, 3.8) is 0 Å². The van der Waals surface area contributed by atoms with E-state index < -0.39 is 0 Å². The van der Waals surface area contributed by atoms with Gasteiger partial charge in [-0.15, -0.1) is 0 Å². The van der Waals surface area contributed by atoms with Gasteiger partial charge in [0.15, 0.2) is 0 Å². The van der Waals surface area contributed by atoms with Crippen LogP contribution in [-0.4, -0.2) is 55.5 Å². The number of rotatable bonds is 6. The second kappa shape index (κ2) is 8.33. The van der Waals surface area contributed by atoms with Crippen LogP contribution in [0.25, 0.3) is 0 Å². The first-order valence-corrected chi connectivity index (χ1v) is 8.51. The van der Waals surface area contributed by atoms with Crippen LogP contribution in [0.3, 0.4) is 0 Å². The van der Waals surface area contributed by atoms with Crippen molar-refractivity contribution in [3.05, 3.63) is 53.9 Å². The third kappa shape index (κ3) is 4.11. The quantitative estimate of drug-likeness (QED) is 0.792. The van der Waals surface area contributed by atoms with Crippen molar-refractivity contribution >= 4 is 18.0 Å². The molecule has 1 aromatic carbocycles. The normalized spacial score (nSPS) is 14.0. The molecule has 2 aromatic rings. The molecule has 1 aliphatic rings. The maximum absolute atomic E-state index is 12.5. The Balaban J connectivity index is 1.64. The van der Waals surface area contributed by atoms with Crippen LogP contribution < -0.4 is 15.0 Å². The number of piperazine rings is 1. The maximum atomic E-state index is 12.5. The Labute approximate surface area is 152 Å². The zero-order valence-corrected chi connectivity index (χ0v) is 14.7. The van der Waals surface area contributed by atoms with E-state index in [0.29, 0.717) is 25.3 Å². The summed E-state index contributed by atoms with van der Waals surface area (Å²) in [4.78, 5) is 31.4. The molecular weight excluding hydrogens is 332 g/mol. The number of carbonyl (C=O) groups excluding carboxylic acids is 2. The molecule has 0 atom stereocenters. The van der Waals surface area contributed by atoms with Crippen LogP contribution in [0.15, 0.2) is 42.6 Å². The van der Waals surface area contributed by atoms with E-state index in [-0.39, 0.29) is 5.91 Å². The van der Waals surface area contributed by atoms with Gasteiger partial charge in [-0.1, -0.05) is 18.2 Å². The average molecular weight is 354 g/mol. The van der Waals surface area contributed by atoms with Crippen molar-refractivity contribution in [3.8, 4) is 5.75 Å². The number of carbonyl (C=O) groups is 2.